The van der Waals surface area contributed by atoms with Gasteiger partial charge in [0.1, 0.15) is 5.76 Å². The molecule has 1 unspecified atom stereocenters. The fourth-order valence-electron chi connectivity index (χ4n) is 1.18. The van der Waals surface area contributed by atoms with E-state index in [2.05, 4.69) is 19.9 Å². The van der Waals surface area contributed by atoms with Crippen molar-refractivity contribution in [3.05, 3.63) is 28.9 Å². The van der Waals surface area contributed by atoms with Crippen molar-refractivity contribution in [3.63, 3.8) is 0 Å². The number of oxazole rings is 1. The molecule has 80 valence electrons. The van der Waals surface area contributed by atoms with E-state index >= 15 is 0 Å². The molecule has 6 heteroatoms. The lowest BCUT2D eigenvalue weighted by molar-refractivity contribution is 0.401. The Morgan fingerprint density at radius 2 is 2.47 bits per heavy atom. The second kappa shape index (κ2) is 4.50. The summed E-state index contributed by atoms with van der Waals surface area (Å²) in [6.07, 6.45) is 1.72. The van der Waals surface area contributed by atoms with Gasteiger partial charge in [-0.3, -0.25) is 0 Å². The molecule has 0 fully saturated rings. The summed E-state index contributed by atoms with van der Waals surface area (Å²) in [7, 11) is 0. The highest BCUT2D eigenvalue weighted by atomic mass is 32.1. The number of nitrogens with one attached hydrogen (secondary N) is 1. The summed E-state index contributed by atoms with van der Waals surface area (Å²) in [5, 5.41) is 9.12. The molecule has 2 aromatic rings. The average Bonchev–Trinajstić information content (AvgIpc) is 2.84. The van der Waals surface area contributed by atoms with Crippen molar-refractivity contribution < 1.29 is 4.42 Å². The van der Waals surface area contributed by atoms with Crippen LogP contribution in [0.1, 0.15) is 30.3 Å². The molecule has 1 atom stereocenters. The molecule has 0 aliphatic carbocycles. The van der Waals surface area contributed by atoms with Gasteiger partial charge in [-0.25, -0.2) is 4.98 Å². The lowest BCUT2D eigenvalue weighted by atomic mass is 10.3. The highest BCUT2D eigenvalue weighted by Gasteiger charge is 2.10. The summed E-state index contributed by atoms with van der Waals surface area (Å²) in [6, 6.07) is 0.0837. The van der Waals surface area contributed by atoms with Crippen LogP contribution >= 0.6 is 11.5 Å². The van der Waals surface area contributed by atoms with E-state index in [0.29, 0.717) is 12.4 Å². The van der Waals surface area contributed by atoms with Crippen LogP contribution in [0.25, 0.3) is 0 Å². The molecule has 1 N–H and O–H groups in total. The minimum atomic E-state index is 0.0837. The summed E-state index contributed by atoms with van der Waals surface area (Å²) in [5.74, 6) is 1.53. The van der Waals surface area contributed by atoms with E-state index < -0.39 is 0 Å². The largest absolute Gasteiger partial charge is 0.444 e. The third-order valence-corrected chi connectivity index (χ3v) is 2.56. The van der Waals surface area contributed by atoms with Crippen molar-refractivity contribution in [1.29, 1.82) is 0 Å². The van der Waals surface area contributed by atoms with Crippen molar-refractivity contribution in [2.75, 3.05) is 0 Å². The maximum Gasteiger partial charge on any atom is 0.211 e. The Morgan fingerprint density at radius 1 is 1.60 bits per heavy atom. The van der Waals surface area contributed by atoms with Gasteiger partial charge >= 0.3 is 0 Å². The first-order valence-electron chi connectivity index (χ1n) is 4.67. The van der Waals surface area contributed by atoms with E-state index in [4.69, 9.17) is 4.42 Å². The van der Waals surface area contributed by atoms with Crippen LogP contribution < -0.4 is 5.32 Å². The average molecular weight is 224 g/mol. The number of rotatable bonds is 4. The van der Waals surface area contributed by atoms with Crippen LogP contribution in [0.4, 0.5) is 0 Å². The molecule has 2 heterocycles. The molecule has 0 saturated heterocycles. The highest BCUT2D eigenvalue weighted by Crippen LogP contribution is 2.12. The fourth-order valence-corrected chi connectivity index (χ4v) is 1.63. The lowest BCUT2D eigenvalue weighted by Crippen LogP contribution is -2.18. The lowest BCUT2D eigenvalue weighted by Gasteiger charge is -2.07. The molecular formula is C9H12N4OS. The molecule has 15 heavy (non-hydrogen) atoms. The Labute approximate surface area is 91.7 Å². The minimum Gasteiger partial charge on any atom is -0.444 e. The molecule has 0 aromatic carbocycles. The van der Waals surface area contributed by atoms with E-state index in [9.17, 15) is 0 Å². The van der Waals surface area contributed by atoms with Gasteiger partial charge in [-0.1, -0.05) is 4.49 Å². The Bertz CT molecular complexity index is 411. The van der Waals surface area contributed by atoms with Crippen molar-refractivity contribution in [2.45, 2.75) is 26.4 Å². The zero-order valence-electron chi connectivity index (χ0n) is 8.60. The number of aromatic nitrogens is 3. The molecule has 5 nitrogen and oxygen atoms in total. The zero-order chi connectivity index (χ0) is 10.7. The molecule has 2 rings (SSSR count). The normalized spacial score (nSPS) is 12.9. The monoisotopic (exact) mass is 224 g/mol. The smallest absolute Gasteiger partial charge is 0.211 e. The summed E-state index contributed by atoms with van der Waals surface area (Å²) in [5.41, 5.74) is 0.940. The summed E-state index contributed by atoms with van der Waals surface area (Å²) in [6.45, 7) is 4.57. The van der Waals surface area contributed by atoms with E-state index in [1.165, 1.54) is 11.5 Å². The second-order valence-corrected chi connectivity index (χ2v) is 3.92. The number of aryl methyl sites for hydroxylation is 1. The van der Waals surface area contributed by atoms with Crippen LogP contribution in [0.2, 0.25) is 0 Å². The van der Waals surface area contributed by atoms with Crippen LogP contribution in [-0.2, 0) is 6.54 Å². The molecule has 0 spiro atoms. The van der Waals surface area contributed by atoms with Gasteiger partial charge in [0.2, 0.25) is 5.89 Å². The molecule has 0 amide bonds. The van der Waals surface area contributed by atoms with Crippen molar-refractivity contribution in [3.8, 4) is 0 Å². The number of hydrogen-bond donors (Lipinski definition) is 1. The first-order valence-corrected chi connectivity index (χ1v) is 5.51. The van der Waals surface area contributed by atoms with Crippen LogP contribution in [0.3, 0.4) is 0 Å². The summed E-state index contributed by atoms with van der Waals surface area (Å²) in [4.78, 5) is 4.15. The minimum absolute atomic E-state index is 0.0837. The van der Waals surface area contributed by atoms with Crippen LogP contribution in [0.5, 0.6) is 0 Å². The van der Waals surface area contributed by atoms with Gasteiger partial charge < -0.3 is 9.73 Å². The van der Waals surface area contributed by atoms with E-state index in [1.54, 1.807) is 6.20 Å². The molecule has 0 radical (unpaired) electrons. The summed E-state index contributed by atoms with van der Waals surface area (Å²) < 4.78 is 9.20. The maximum atomic E-state index is 5.41. The molecule has 0 aliphatic rings. The first kappa shape index (κ1) is 10.3. The maximum absolute atomic E-state index is 5.41. The van der Waals surface area contributed by atoms with Gasteiger partial charge in [0.25, 0.3) is 0 Å². The fraction of sp³-hybridized carbons (Fsp3) is 0.444. The Kier molecular flexibility index (Phi) is 3.08. The standard InChI is InChI=1S/C9H12N4OS/c1-6-3-11-9(14-6)7(2)10-4-8-5-15-13-12-8/h3,5,7,10H,4H2,1-2H3. The first-order chi connectivity index (χ1) is 7.25. The topological polar surface area (TPSA) is 63.8 Å². The molecule has 2 aromatic heterocycles. The quantitative estimate of drug-likeness (QED) is 0.856. The molecule has 0 aliphatic heterocycles. The Hall–Kier alpha value is -1.27. The van der Waals surface area contributed by atoms with E-state index in [1.807, 2.05) is 19.2 Å². The number of hydrogen-bond acceptors (Lipinski definition) is 6. The van der Waals surface area contributed by atoms with Gasteiger partial charge in [-0.15, -0.1) is 5.10 Å². The molecule has 0 saturated carbocycles. The molecule has 0 bridgehead atoms. The van der Waals surface area contributed by atoms with E-state index in [-0.39, 0.29) is 6.04 Å². The van der Waals surface area contributed by atoms with Crippen LogP contribution in [-0.4, -0.2) is 14.6 Å². The SMILES string of the molecule is Cc1cnc(C(C)NCc2csnn2)o1. The third kappa shape index (κ3) is 2.60. The van der Waals surface area contributed by atoms with Crippen molar-refractivity contribution in [2.24, 2.45) is 0 Å². The van der Waals surface area contributed by atoms with Gasteiger partial charge in [0.15, 0.2) is 0 Å². The van der Waals surface area contributed by atoms with Gasteiger partial charge in [0.05, 0.1) is 17.9 Å². The number of nitrogens with zero attached hydrogens (tertiary/aromatic N) is 3. The predicted octanol–water partition coefficient (Wildman–Crippen LogP) is 1.69. The Balaban J connectivity index is 1.90. The van der Waals surface area contributed by atoms with Crippen molar-refractivity contribution >= 4 is 11.5 Å². The highest BCUT2D eigenvalue weighted by molar-refractivity contribution is 7.03. The zero-order valence-corrected chi connectivity index (χ0v) is 9.41. The van der Waals surface area contributed by atoms with E-state index in [0.717, 1.165) is 11.5 Å². The van der Waals surface area contributed by atoms with Gasteiger partial charge in [-0.05, 0) is 25.4 Å². The second-order valence-electron chi connectivity index (χ2n) is 3.31. The van der Waals surface area contributed by atoms with Crippen LogP contribution in [0, 0.1) is 6.92 Å². The van der Waals surface area contributed by atoms with Gasteiger partial charge in [-0.2, -0.15) is 0 Å². The summed E-state index contributed by atoms with van der Waals surface area (Å²) >= 11 is 1.35. The van der Waals surface area contributed by atoms with Gasteiger partial charge in [0, 0.05) is 11.9 Å². The molecular weight excluding hydrogens is 212 g/mol. The van der Waals surface area contributed by atoms with Crippen LogP contribution in [0.15, 0.2) is 16.0 Å². The predicted molar refractivity (Wildman–Crippen MR) is 56.4 cm³/mol. The Morgan fingerprint density at radius 3 is 3.07 bits per heavy atom. The van der Waals surface area contributed by atoms with Crippen molar-refractivity contribution in [1.82, 2.24) is 19.9 Å². The third-order valence-electron chi connectivity index (χ3n) is 2.00.